The molecule has 4 nitrogen and oxygen atoms in total. The van der Waals surface area contributed by atoms with Crippen molar-refractivity contribution in [2.45, 2.75) is 12.6 Å². The summed E-state index contributed by atoms with van der Waals surface area (Å²) in [7, 11) is 0. The molecule has 0 aromatic carbocycles. The van der Waals surface area contributed by atoms with Gasteiger partial charge in [-0.05, 0) is 27.6 Å². The van der Waals surface area contributed by atoms with E-state index in [2.05, 4.69) is 42.1 Å². The molecule has 18 heavy (non-hydrogen) atoms. The number of hydrogen-bond donors (Lipinski definition) is 1. The standard InChI is InChI=1S/C13H19BrN4/c14-12-5-11(6-16-7-12)8-17-9-13(10-17)18-3-1-15-2-4-18/h5-7,13,15H,1-4,8-10H2. The van der Waals surface area contributed by atoms with Crippen molar-refractivity contribution in [3.05, 3.63) is 28.5 Å². The topological polar surface area (TPSA) is 31.4 Å². The van der Waals surface area contributed by atoms with Crippen LogP contribution in [0.3, 0.4) is 0 Å². The number of likely N-dealkylation sites (tertiary alicyclic amines) is 1. The van der Waals surface area contributed by atoms with Gasteiger partial charge >= 0.3 is 0 Å². The van der Waals surface area contributed by atoms with Crippen LogP contribution in [0.4, 0.5) is 0 Å². The molecule has 1 aromatic rings. The maximum Gasteiger partial charge on any atom is 0.0410 e. The van der Waals surface area contributed by atoms with Crippen LogP contribution in [0.25, 0.3) is 0 Å². The number of halogens is 1. The van der Waals surface area contributed by atoms with Crippen molar-refractivity contribution in [1.82, 2.24) is 20.1 Å². The Labute approximate surface area is 116 Å². The largest absolute Gasteiger partial charge is 0.314 e. The fraction of sp³-hybridized carbons (Fsp3) is 0.615. The van der Waals surface area contributed by atoms with Gasteiger partial charge in [0, 0.05) is 68.7 Å². The van der Waals surface area contributed by atoms with E-state index in [1.165, 1.54) is 31.7 Å². The number of pyridine rings is 1. The first-order valence-corrected chi connectivity index (χ1v) is 7.37. The molecule has 2 aliphatic heterocycles. The Morgan fingerprint density at radius 2 is 2.06 bits per heavy atom. The van der Waals surface area contributed by atoms with Gasteiger partial charge in [0.2, 0.25) is 0 Å². The molecule has 0 bridgehead atoms. The minimum atomic E-state index is 0.771. The van der Waals surface area contributed by atoms with E-state index in [1.54, 1.807) is 0 Å². The van der Waals surface area contributed by atoms with Crippen LogP contribution in [0.2, 0.25) is 0 Å². The lowest BCUT2D eigenvalue weighted by Crippen LogP contribution is -2.62. The van der Waals surface area contributed by atoms with Crippen LogP contribution in [-0.2, 0) is 6.54 Å². The highest BCUT2D eigenvalue weighted by atomic mass is 79.9. The third-order valence-corrected chi connectivity index (χ3v) is 4.21. The van der Waals surface area contributed by atoms with E-state index < -0.39 is 0 Å². The molecule has 0 amide bonds. The van der Waals surface area contributed by atoms with Gasteiger partial charge in [0.25, 0.3) is 0 Å². The van der Waals surface area contributed by atoms with Crippen molar-refractivity contribution in [1.29, 1.82) is 0 Å². The van der Waals surface area contributed by atoms with E-state index in [1.807, 2.05) is 12.4 Å². The first-order valence-electron chi connectivity index (χ1n) is 6.58. The summed E-state index contributed by atoms with van der Waals surface area (Å²) in [6, 6.07) is 2.93. The fourth-order valence-electron chi connectivity index (χ4n) is 2.75. The van der Waals surface area contributed by atoms with E-state index in [0.29, 0.717) is 0 Å². The van der Waals surface area contributed by atoms with E-state index in [9.17, 15) is 0 Å². The molecule has 0 atom stereocenters. The van der Waals surface area contributed by atoms with Gasteiger partial charge in [-0.15, -0.1) is 0 Å². The van der Waals surface area contributed by atoms with Crippen LogP contribution in [0.5, 0.6) is 0 Å². The van der Waals surface area contributed by atoms with Gasteiger partial charge in [-0.25, -0.2) is 0 Å². The molecule has 98 valence electrons. The molecular weight excluding hydrogens is 292 g/mol. The molecular formula is C13H19BrN4. The average Bonchev–Trinajstić information content (AvgIpc) is 2.34. The zero-order valence-corrected chi connectivity index (χ0v) is 12.1. The highest BCUT2D eigenvalue weighted by Gasteiger charge is 2.31. The minimum Gasteiger partial charge on any atom is -0.314 e. The van der Waals surface area contributed by atoms with Crippen molar-refractivity contribution in [2.24, 2.45) is 0 Å². The van der Waals surface area contributed by atoms with Gasteiger partial charge in [-0.1, -0.05) is 0 Å². The fourth-order valence-corrected chi connectivity index (χ4v) is 3.16. The van der Waals surface area contributed by atoms with Crippen molar-refractivity contribution < 1.29 is 0 Å². The molecule has 5 heteroatoms. The van der Waals surface area contributed by atoms with E-state index in [4.69, 9.17) is 0 Å². The zero-order valence-electron chi connectivity index (χ0n) is 10.5. The average molecular weight is 311 g/mol. The number of nitrogens with zero attached hydrogens (tertiary/aromatic N) is 3. The summed E-state index contributed by atoms with van der Waals surface area (Å²) in [5, 5.41) is 3.41. The van der Waals surface area contributed by atoms with Gasteiger partial charge in [0.1, 0.15) is 0 Å². The van der Waals surface area contributed by atoms with Gasteiger partial charge < -0.3 is 5.32 Å². The van der Waals surface area contributed by atoms with Crippen molar-refractivity contribution in [3.63, 3.8) is 0 Å². The van der Waals surface area contributed by atoms with Gasteiger partial charge in [-0.3, -0.25) is 14.8 Å². The first-order chi connectivity index (χ1) is 8.81. The SMILES string of the molecule is Brc1cncc(CN2CC(N3CCNCC3)C2)c1. The van der Waals surface area contributed by atoms with Crippen LogP contribution in [0.15, 0.2) is 22.9 Å². The predicted molar refractivity (Wildman–Crippen MR) is 75.4 cm³/mol. The lowest BCUT2D eigenvalue weighted by Gasteiger charge is -2.46. The molecule has 1 N–H and O–H groups in total. The van der Waals surface area contributed by atoms with E-state index >= 15 is 0 Å². The molecule has 0 saturated carbocycles. The summed E-state index contributed by atoms with van der Waals surface area (Å²) in [5.74, 6) is 0. The minimum absolute atomic E-state index is 0.771. The smallest absolute Gasteiger partial charge is 0.0410 e. The van der Waals surface area contributed by atoms with Crippen molar-refractivity contribution in [2.75, 3.05) is 39.3 Å². The summed E-state index contributed by atoms with van der Waals surface area (Å²) >= 11 is 3.47. The number of rotatable bonds is 3. The summed E-state index contributed by atoms with van der Waals surface area (Å²) in [4.78, 5) is 9.33. The Balaban J connectivity index is 1.47. The zero-order chi connectivity index (χ0) is 12.4. The first kappa shape index (κ1) is 12.5. The highest BCUT2D eigenvalue weighted by Crippen LogP contribution is 2.19. The molecule has 2 saturated heterocycles. The van der Waals surface area contributed by atoms with Crippen LogP contribution in [0.1, 0.15) is 5.56 Å². The Morgan fingerprint density at radius 3 is 2.78 bits per heavy atom. The maximum absolute atomic E-state index is 4.21. The second kappa shape index (κ2) is 5.65. The Hall–Kier alpha value is -0.490. The monoisotopic (exact) mass is 310 g/mol. The summed E-state index contributed by atoms with van der Waals surface area (Å²) in [6.45, 7) is 8.13. The van der Waals surface area contributed by atoms with E-state index in [-0.39, 0.29) is 0 Å². The molecule has 3 rings (SSSR count). The maximum atomic E-state index is 4.21. The number of nitrogens with one attached hydrogen (secondary N) is 1. The molecule has 2 aliphatic rings. The van der Waals surface area contributed by atoms with Crippen molar-refractivity contribution >= 4 is 15.9 Å². The Bertz CT molecular complexity index is 400. The second-order valence-electron chi connectivity index (χ2n) is 5.15. The van der Waals surface area contributed by atoms with Gasteiger partial charge in [0.05, 0.1) is 0 Å². The molecule has 0 aliphatic carbocycles. The van der Waals surface area contributed by atoms with Crippen molar-refractivity contribution in [3.8, 4) is 0 Å². The quantitative estimate of drug-likeness (QED) is 0.900. The highest BCUT2D eigenvalue weighted by molar-refractivity contribution is 9.10. The predicted octanol–water partition coefficient (Wildman–Crippen LogP) is 0.933. The summed E-state index contributed by atoms with van der Waals surface area (Å²) in [5.41, 5.74) is 1.29. The second-order valence-corrected chi connectivity index (χ2v) is 6.06. The van der Waals surface area contributed by atoms with E-state index in [0.717, 1.165) is 30.1 Å². The van der Waals surface area contributed by atoms with Gasteiger partial charge in [-0.2, -0.15) is 0 Å². The number of aromatic nitrogens is 1. The third kappa shape index (κ3) is 2.91. The third-order valence-electron chi connectivity index (χ3n) is 3.77. The lowest BCUT2D eigenvalue weighted by atomic mass is 10.1. The summed E-state index contributed by atoms with van der Waals surface area (Å²) < 4.78 is 1.07. The molecule has 0 spiro atoms. The lowest BCUT2D eigenvalue weighted by molar-refractivity contribution is 0.0222. The molecule has 0 radical (unpaired) electrons. The Kier molecular flexibility index (Phi) is 3.94. The van der Waals surface area contributed by atoms with Gasteiger partial charge in [0.15, 0.2) is 0 Å². The normalized spacial score (nSPS) is 22.9. The summed E-state index contributed by atoms with van der Waals surface area (Å²) in [6.07, 6.45) is 3.80. The molecule has 1 aromatic heterocycles. The number of hydrogen-bond acceptors (Lipinski definition) is 4. The molecule has 0 unspecified atom stereocenters. The molecule has 2 fully saturated rings. The van der Waals surface area contributed by atoms with Crippen LogP contribution in [0, 0.1) is 0 Å². The van der Waals surface area contributed by atoms with Crippen LogP contribution in [-0.4, -0.2) is 60.1 Å². The van der Waals surface area contributed by atoms with Crippen LogP contribution >= 0.6 is 15.9 Å². The Morgan fingerprint density at radius 1 is 1.28 bits per heavy atom. The number of piperazine rings is 1. The van der Waals surface area contributed by atoms with Crippen LogP contribution < -0.4 is 5.32 Å². The molecule has 3 heterocycles.